The molecule has 0 saturated carbocycles. The number of hydrogen-bond donors (Lipinski definition) is 1. The first-order valence-electron chi connectivity index (χ1n) is 9.19. The normalized spacial score (nSPS) is 16.0. The van der Waals surface area contributed by atoms with Gasteiger partial charge in [-0.2, -0.15) is 5.10 Å². The molecule has 0 saturated heterocycles. The molecule has 156 valence electrons. The molecule has 1 N–H and O–H groups in total. The molecule has 0 radical (unpaired) electrons. The zero-order valence-corrected chi connectivity index (χ0v) is 16.0. The third kappa shape index (κ3) is 3.62. The van der Waals surface area contributed by atoms with Crippen molar-refractivity contribution in [1.29, 1.82) is 0 Å². The van der Waals surface area contributed by atoms with E-state index in [0.29, 0.717) is 28.2 Å². The lowest BCUT2D eigenvalue weighted by molar-refractivity contribution is -0.274. The van der Waals surface area contributed by atoms with Gasteiger partial charge >= 0.3 is 6.36 Å². The minimum Gasteiger partial charge on any atom is -0.406 e. The van der Waals surface area contributed by atoms with Crippen LogP contribution in [0.4, 0.5) is 17.6 Å². The van der Waals surface area contributed by atoms with E-state index < -0.39 is 12.4 Å². The van der Waals surface area contributed by atoms with E-state index in [1.54, 1.807) is 12.1 Å². The number of nitrogens with one attached hydrogen (secondary N) is 1. The van der Waals surface area contributed by atoms with Gasteiger partial charge in [0.05, 0.1) is 17.4 Å². The van der Waals surface area contributed by atoms with E-state index in [1.165, 1.54) is 28.9 Å². The lowest BCUT2D eigenvalue weighted by Gasteiger charge is -2.14. The molecule has 1 unspecified atom stereocenters. The van der Waals surface area contributed by atoms with Gasteiger partial charge in [0.2, 0.25) is 0 Å². The SMILES string of the molecule is CC(C)c1nn(-c2ccc(OC(F)(F)F)cc2)c2c1C(c1ccc(F)cc1)NC2=O. The van der Waals surface area contributed by atoms with Crippen molar-refractivity contribution in [3.8, 4) is 11.4 Å². The number of halogens is 4. The van der Waals surface area contributed by atoms with Crippen LogP contribution < -0.4 is 10.1 Å². The summed E-state index contributed by atoms with van der Waals surface area (Å²) in [5, 5.41) is 7.46. The number of carbonyl (C=O) groups is 1. The van der Waals surface area contributed by atoms with Gasteiger partial charge in [-0.25, -0.2) is 9.07 Å². The molecule has 1 aromatic heterocycles. The highest BCUT2D eigenvalue weighted by atomic mass is 19.4. The summed E-state index contributed by atoms with van der Waals surface area (Å²) in [6.45, 7) is 3.86. The molecular weight excluding hydrogens is 402 g/mol. The largest absolute Gasteiger partial charge is 0.573 e. The molecule has 2 heterocycles. The second kappa shape index (κ2) is 7.16. The summed E-state index contributed by atoms with van der Waals surface area (Å²) in [5.74, 6) is -1.14. The zero-order chi connectivity index (χ0) is 21.6. The fourth-order valence-corrected chi connectivity index (χ4v) is 3.53. The Morgan fingerprint density at radius 1 is 1.07 bits per heavy atom. The number of benzene rings is 2. The molecule has 1 amide bonds. The van der Waals surface area contributed by atoms with Crippen LogP contribution in [0.15, 0.2) is 48.5 Å². The van der Waals surface area contributed by atoms with Crippen LogP contribution in [0.5, 0.6) is 5.75 Å². The van der Waals surface area contributed by atoms with E-state index in [9.17, 15) is 22.4 Å². The van der Waals surface area contributed by atoms with Crippen LogP contribution in [-0.4, -0.2) is 22.1 Å². The molecule has 3 aromatic rings. The summed E-state index contributed by atoms with van der Waals surface area (Å²) in [5.41, 5.74) is 2.78. The number of carbonyl (C=O) groups excluding carboxylic acids is 1. The molecule has 1 aliphatic rings. The Kier molecular flexibility index (Phi) is 4.76. The van der Waals surface area contributed by atoms with Crippen LogP contribution in [0.1, 0.15) is 53.1 Å². The van der Waals surface area contributed by atoms with Crippen LogP contribution in [0.25, 0.3) is 5.69 Å². The van der Waals surface area contributed by atoms with Crippen LogP contribution in [-0.2, 0) is 0 Å². The van der Waals surface area contributed by atoms with Crippen LogP contribution >= 0.6 is 0 Å². The Hall–Kier alpha value is -3.36. The monoisotopic (exact) mass is 419 g/mol. The van der Waals surface area contributed by atoms with E-state index >= 15 is 0 Å². The molecule has 5 nitrogen and oxygen atoms in total. The summed E-state index contributed by atoms with van der Waals surface area (Å²) >= 11 is 0. The Morgan fingerprint density at radius 3 is 2.27 bits per heavy atom. The van der Waals surface area contributed by atoms with E-state index in [2.05, 4.69) is 15.2 Å². The molecule has 0 fully saturated rings. The van der Waals surface area contributed by atoms with E-state index in [-0.39, 0.29) is 23.4 Å². The van der Waals surface area contributed by atoms with Gasteiger partial charge in [-0.1, -0.05) is 26.0 Å². The molecule has 4 rings (SSSR count). The Balaban J connectivity index is 1.78. The molecular formula is C21H17F4N3O2. The van der Waals surface area contributed by atoms with Gasteiger partial charge in [0, 0.05) is 5.56 Å². The summed E-state index contributed by atoms with van der Waals surface area (Å²) in [7, 11) is 0. The van der Waals surface area contributed by atoms with Gasteiger partial charge in [-0.3, -0.25) is 4.79 Å². The quantitative estimate of drug-likeness (QED) is 0.614. The summed E-state index contributed by atoms with van der Waals surface area (Å²) in [6.07, 6.45) is -4.79. The van der Waals surface area contributed by atoms with Crippen molar-refractivity contribution in [2.45, 2.75) is 32.2 Å². The molecule has 1 atom stereocenters. The minimum absolute atomic E-state index is 0.0246. The summed E-state index contributed by atoms with van der Waals surface area (Å²) in [6, 6.07) is 10.5. The number of alkyl halides is 3. The average molecular weight is 419 g/mol. The van der Waals surface area contributed by atoms with Gasteiger partial charge in [0.25, 0.3) is 5.91 Å². The second-order valence-corrected chi connectivity index (χ2v) is 7.21. The highest BCUT2D eigenvalue weighted by molar-refractivity contribution is 5.99. The minimum atomic E-state index is -4.79. The molecule has 0 aliphatic carbocycles. The number of aromatic nitrogens is 2. The predicted molar refractivity (Wildman–Crippen MR) is 100 cm³/mol. The number of nitrogens with zero attached hydrogens (tertiary/aromatic N) is 2. The van der Waals surface area contributed by atoms with E-state index in [0.717, 1.165) is 12.1 Å². The zero-order valence-electron chi connectivity index (χ0n) is 16.0. The number of rotatable bonds is 4. The van der Waals surface area contributed by atoms with Gasteiger partial charge < -0.3 is 10.1 Å². The standard InChI is InChI=1S/C21H17F4N3O2/c1-11(2)17-16-18(12-3-5-13(22)6-4-12)26-20(29)19(16)28(27-17)14-7-9-15(10-8-14)30-21(23,24)25/h3-11,18H,1-2H3,(H,26,29). The predicted octanol–water partition coefficient (Wildman–Crippen LogP) is 4.87. The van der Waals surface area contributed by atoms with Crippen LogP contribution in [0.2, 0.25) is 0 Å². The van der Waals surface area contributed by atoms with Crippen molar-refractivity contribution >= 4 is 5.91 Å². The third-order valence-corrected chi connectivity index (χ3v) is 4.79. The topological polar surface area (TPSA) is 56.1 Å². The molecule has 0 bridgehead atoms. The van der Waals surface area contributed by atoms with Crippen LogP contribution in [0.3, 0.4) is 0 Å². The smallest absolute Gasteiger partial charge is 0.406 e. The van der Waals surface area contributed by atoms with Crippen LogP contribution in [0, 0.1) is 5.82 Å². The van der Waals surface area contributed by atoms with Crippen molar-refractivity contribution in [3.05, 3.63) is 76.9 Å². The first kappa shape index (κ1) is 19.9. The number of amides is 1. The first-order chi connectivity index (χ1) is 14.1. The van der Waals surface area contributed by atoms with Gasteiger partial charge in [0.1, 0.15) is 17.3 Å². The average Bonchev–Trinajstić information content (AvgIpc) is 3.21. The highest BCUT2D eigenvalue weighted by Crippen LogP contribution is 2.38. The maximum Gasteiger partial charge on any atom is 0.573 e. The molecule has 2 aromatic carbocycles. The maximum atomic E-state index is 13.3. The lowest BCUT2D eigenvalue weighted by atomic mass is 9.95. The maximum absolute atomic E-state index is 13.3. The van der Waals surface area contributed by atoms with E-state index in [1.807, 2.05) is 13.8 Å². The first-order valence-corrected chi connectivity index (χ1v) is 9.19. The van der Waals surface area contributed by atoms with Crippen molar-refractivity contribution in [2.75, 3.05) is 0 Å². The van der Waals surface area contributed by atoms with Gasteiger partial charge in [0.15, 0.2) is 0 Å². The van der Waals surface area contributed by atoms with Gasteiger partial charge in [-0.15, -0.1) is 13.2 Å². The summed E-state index contributed by atoms with van der Waals surface area (Å²) < 4.78 is 55.8. The number of fused-ring (bicyclic) bond motifs is 1. The number of hydrogen-bond acceptors (Lipinski definition) is 3. The van der Waals surface area contributed by atoms with Crippen molar-refractivity contribution in [3.63, 3.8) is 0 Å². The fraction of sp³-hybridized carbons (Fsp3) is 0.238. The third-order valence-electron chi connectivity index (χ3n) is 4.79. The Bertz CT molecular complexity index is 1090. The van der Waals surface area contributed by atoms with Crippen molar-refractivity contribution in [2.24, 2.45) is 0 Å². The fourth-order valence-electron chi connectivity index (χ4n) is 3.53. The molecule has 1 aliphatic heterocycles. The van der Waals surface area contributed by atoms with Gasteiger partial charge in [-0.05, 0) is 47.9 Å². The Morgan fingerprint density at radius 2 is 1.70 bits per heavy atom. The Labute approximate surface area is 169 Å². The molecule has 0 spiro atoms. The second-order valence-electron chi connectivity index (χ2n) is 7.21. The lowest BCUT2D eigenvalue weighted by Crippen LogP contribution is -2.23. The number of ether oxygens (including phenoxy) is 1. The summed E-state index contributed by atoms with van der Waals surface area (Å²) in [4.78, 5) is 12.8. The van der Waals surface area contributed by atoms with E-state index in [4.69, 9.17) is 0 Å². The highest BCUT2D eigenvalue weighted by Gasteiger charge is 2.38. The molecule has 30 heavy (non-hydrogen) atoms. The van der Waals surface area contributed by atoms with Crippen molar-refractivity contribution < 1.29 is 27.1 Å². The van der Waals surface area contributed by atoms with Crippen molar-refractivity contribution in [1.82, 2.24) is 15.1 Å². The molecule has 9 heteroatoms.